The minimum Gasteiger partial charge on any atom is -0.328 e. The van der Waals surface area contributed by atoms with E-state index in [0.29, 0.717) is 0 Å². The van der Waals surface area contributed by atoms with E-state index in [9.17, 15) is 0 Å². The molecule has 0 bridgehead atoms. The number of hydrogen-bond acceptors (Lipinski definition) is 2. The van der Waals surface area contributed by atoms with Crippen LogP contribution < -0.4 is 11.5 Å². The molecule has 0 amide bonds. The summed E-state index contributed by atoms with van der Waals surface area (Å²) in [5, 5.41) is 0. The lowest BCUT2D eigenvalue weighted by molar-refractivity contribution is 0.597. The SMILES string of the molecule is C#C[C@H](N)CC[C@@H](C)N.Cl. The van der Waals surface area contributed by atoms with Crippen molar-refractivity contribution in [3.8, 4) is 12.3 Å². The monoisotopic (exact) mass is 162 g/mol. The Labute approximate surface area is 68.8 Å². The second-order valence-corrected chi connectivity index (χ2v) is 2.33. The molecule has 0 rings (SSSR count). The smallest absolute Gasteiger partial charge is 0.0662 e. The third kappa shape index (κ3) is 7.77. The van der Waals surface area contributed by atoms with Gasteiger partial charge in [0.05, 0.1) is 6.04 Å². The topological polar surface area (TPSA) is 52.0 Å². The van der Waals surface area contributed by atoms with Gasteiger partial charge in [0.25, 0.3) is 0 Å². The van der Waals surface area contributed by atoms with Crippen LogP contribution in [0.15, 0.2) is 0 Å². The Balaban J connectivity index is 0. The van der Waals surface area contributed by atoms with Gasteiger partial charge in [-0.15, -0.1) is 18.8 Å². The predicted molar refractivity (Wildman–Crippen MR) is 46.9 cm³/mol. The normalized spacial score (nSPS) is 14.6. The second kappa shape index (κ2) is 6.88. The first kappa shape index (κ1) is 12.4. The average Bonchev–Trinajstić information content (AvgIpc) is 1.83. The summed E-state index contributed by atoms with van der Waals surface area (Å²) >= 11 is 0. The highest BCUT2D eigenvalue weighted by molar-refractivity contribution is 5.85. The van der Waals surface area contributed by atoms with Gasteiger partial charge in [-0.05, 0) is 19.8 Å². The van der Waals surface area contributed by atoms with Crippen LogP contribution >= 0.6 is 12.4 Å². The van der Waals surface area contributed by atoms with E-state index in [1.165, 1.54) is 0 Å². The maximum absolute atomic E-state index is 5.47. The van der Waals surface area contributed by atoms with E-state index in [2.05, 4.69) is 5.92 Å². The summed E-state index contributed by atoms with van der Waals surface area (Å²) in [6.45, 7) is 1.95. The summed E-state index contributed by atoms with van der Waals surface area (Å²) in [5.74, 6) is 2.44. The van der Waals surface area contributed by atoms with Crippen molar-refractivity contribution in [2.75, 3.05) is 0 Å². The molecule has 0 spiro atoms. The second-order valence-electron chi connectivity index (χ2n) is 2.33. The minimum atomic E-state index is -0.115. The van der Waals surface area contributed by atoms with Gasteiger partial charge in [-0.3, -0.25) is 0 Å². The zero-order valence-corrected chi connectivity index (χ0v) is 7.03. The fraction of sp³-hybridized carbons (Fsp3) is 0.714. The number of terminal acetylenes is 1. The Bertz CT molecular complexity index is 107. The van der Waals surface area contributed by atoms with Crippen LogP contribution in [0.3, 0.4) is 0 Å². The van der Waals surface area contributed by atoms with Crippen molar-refractivity contribution < 1.29 is 0 Å². The summed E-state index contributed by atoms with van der Waals surface area (Å²) in [5.41, 5.74) is 10.9. The quantitative estimate of drug-likeness (QED) is 0.594. The zero-order valence-electron chi connectivity index (χ0n) is 6.21. The maximum atomic E-state index is 5.47. The summed E-state index contributed by atoms with van der Waals surface area (Å²) < 4.78 is 0. The Kier molecular flexibility index (Phi) is 8.57. The molecule has 0 fully saturated rings. The van der Waals surface area contributed by atoms with Crippen LogP contribution in [0.25, 0.3) is 0 Å². The summed E-state index contributed by atoms with van der Waals surface area (Å²) in [6, 6.07) is 0.0976. The van der Waals surface area contributed by atoms with Crippen molar-refractivity contribution in [3.63, 3.8) is 0 Å². The molecule has 60 valence electrons. The lowest BCUT2D eigenvalue weighted by Gasteiger charge is -2.05. The molecule has 10 heavy (non-hydrogen) atoms. The largest absolute Gasteiger partial charge is 0.328 e. The van der Waals surface area contributed by atoms with E-state index < -0.39 is 0 Å². The first-order valence-corrected chi connectivity index (χ1v) is 3.14. The van der Waals surface area contributed by atoms with Crippen molar-refractivity contribution in [3.05, 3.63) is 0 Å². The van der Waals surface area contributed by atoms with Crippen LogP contribution in [0.1, 0.15) is 19.8 Å². The average molecular weight is 163 g/mol. The van der Waals surface area contributed by atoms with Gasteiger partial charge in [0, 0.05) is 6.04 Å². The minimum absolute atomic E-state index is 0. The highest BCUT2D eigenvalue weighted by Gasteiger charge is 1.98. The molecule has 0 aliphatic rings. The number of hydrogen-bond donors (Lipinski definition) is 2. The third-order valence-electron chi connectivity index (χ3n) is 1.15. The Morgan fingerprint density at radius 1 is 1.40 bits per heavy atom. The van der Waals surface area contributed by atoms with Crippen LogP contribution in [0.2, 0.25) is 0 Å². The van der Waals surface area contributed by atoms with Gasteiger partial charge >= 0.3 is 0 Å². The van der Waals surface area contributed by atoms with Gasteiger partial charge in [0.2, 0.25) is 0 Å². The summed E-state index contributed by atoms with van der Waals surface area (Å²) in [7, 11) is 0. The van der Waals surface area contributed by atoms with Crippen LogP contribution in [0.4, 0.5) is 0 Å². The molecule has 2 nitrogen and oxygen atoms in total. The van der Waals surface area contributed by atoms with Crippen molar-refractivity contribution in [1.29, 1.82) is 0 Å². The van der Waals surface area contributed by atoms with Crippen LogP contribution in [-0.4, -0.2) is 12.1 Å². The van der Waals surface area contributed by atoms with E-state index in [4.69, 9.17) is 17.9 Å². The molecule has 0 aromatic rings. The molecule has 3 heteroatoms. The van der Waals surface area contributed by atoms with Gasteiger partial charge in [-0.25, -0.2) is 0 Å². The van der Waals surface area contributed by atoms with Gasteiger partial charge in [0.15, 0.2) is 0 Å². The first-order chi connectivity index (χ1) is 4.16. The molecule has 0 radical (unpaired) electrons. The van der Waals surface area contributed by atoms with E-state index in [-0.39, 0.29) is 24.5 Å². The fourth-order valence-electron chi connectivity index (χ4n) is 0.526. The molecular formula is C7H15ClN2. The van der Waals surface area contributed by atoms with Crippen LogP contribution in [0.5, 0.6) is 0 Å². The third-order valence-corrected chi connectivity index (χ3v) is 1.15. The molecule has 2 atom stereocenters. The fourth-order valence-corrected chi connectivity index (χ4v) is 0.526. The van der Waals surface area contributed by atoms with Gasteiger partial charge in [0.1, 0.15) is 0 Å². The maximum Gasteiger partial charge on any atom is 0.0662 e. The molecule has 0 saturated heterocycles. The molecule has 0 aliphatic carbocycles. The van der Waals surface area contributed by atoms with Gasteiger partial charge in [-0.2, -0.15) is 0 Å². The van der Waals surface area contributed by atoms with Crippen molar-refractivity contribution in [1.82, 2.24) is 0 Å². The standard InChI is InChI=1S/C7H14N2.ClH/c1-3-7(9)5-4-6(2)8;/h1,6-7H,4-5,8-9H2,2H3;1H/t6-,7+;/m1./s1. The van der Waals surface area contributed by atoms with Gasteiger partial charge < -0.3 is 11.5 Å². The highest BCUT2D eigenvalue weighted by atomic mass is 35.5. The molecule has 0 saturated carbocycles. The predicted octanol–water partition coefficient (Wildman–Crippen LogP) is 0.496. The lowest BCUT2D eigenvalue weighted by atomic mass is 10.1. The van der Waals surface area contributed by atoms with Crippen LogP contribution in [-0.2, 0) is 0 Å². The van der Waals surface area contributed by atoms with Crippen LogP contribution in [0, 0.1) is 12.3 Å². The highest BCUT2D eigenvalue weighted by Crippen LogP contribution is 1.95. The summed E-state index contributed by atoms with van der Waals surface area (Å²) in [4.78, 5) is 0. The number of rotatable bonds is 3. The van der Waals surface area contributed by atoms with Crippen molar-refractivity contribution in [2.45, 2.75) is 31.8 Å². The number of halogens is 1. The van der Waals surface area contributed by atoms with Crippen molar-refractivity contribution in [2.24, 2.45) is 11.5 Å². The zero-order chi connectivity index (χ0) is 7.28. The Morgan fingerprint density at radius 2 is 1.90 bits per heavy atom. The van der Waals surface area contributed by atoms with E-state index in [1.807, 2.05) is 6.92 Å². The molecule has 0 aliphatic heterocycles. The van der Waals surface area contributed by atoms with E-state index in [0.717, 1.165) is 12.8 Å². The van der Waals surface area contributed by atoms with Crippen molar-refractivity contribution >= 4 is 12.4 Å². The number of nitrogens with two attached hydrogens (primary N) is 2. The van der Waals surface area contributed by atoms with E-state index in [1.54, 1.807) is 0 Å². The van der Waals surface area contributed by atoms with E-state index >= 15 is 0 Å². The van der Waals surface area contributed by atoms with Gasteiger partial charge in [-0.1, -0.05) is 5.92 Å². The summed E-state index contributed by atoms with van der Waals surface area (Å²) in [6.07, 6.45) is 6.78. The Hall–Kier alpha value is -0.230. The molecule has 4 N–H and O–H groups in total. The molecule has 0 heterocycles. The molecular weight excluding hydrogens is 148 g/mol. The first-order valence-electron chi connectivity index (χ1n) is 3.14. The molecule has 0 unspecified atom stereocenters. The lowest BCUT2D eigenvalue weighted by Crippen LogP contribution is -2.22. The molecule has 0 aromatic carbocycles. The Morgan fingerprint density at radius 3 is 2.20 bits per heavy atom. The molecule has 0 aromatic heterocycles.